The number of hydrogen-bond donors (Lipinski definition) is 1. The van der Waals surface area contributed by atoms with Crippen LogP contribution in [0.3, 0.4) is 0 Å². The molecule has 0 spiro atoms. The van der Waals surface area contributed by atoms with E-state index in [2.05, 4.69) is 9.97 Å². The summed E-state index contributed by atoms with van der Waals surface area (Å²) in [5.74, 6) is 0.595. The second-order valence-electron chi connectivity index (χ2n) is 4.08. The predicted molar refractivity (Wildman–Crippen MR) is 69.1 cm³/mol. The standard InChI is InChI=1S/C14H13N3O/c15-9-11(10-5-2-1-3-6-10)14-17-13-12(18-14)7-4-8-16-13/h1-8,11H,9,15H2. The van der Waals surface area contributed by atoms with Gasteiger partial charge in [0.25, 0.3) is 0 Å². The van der Waals surface area contributed by atoms with Gasteiger partial charge in [-0.05, 0) is 17.7 Å². The fraction of sp³-hybridized carbons (Fsp3) is 0.143. The fourth-order valence-electron chi connectivity index (χ4n) is 2.00. The summed E-state index contributed by atoms with van der Waals surface area (Å²) in [6.45, 7) is 0.455. The Morgan fingerprint density at radius 2 is 1.94 bits per heavy atom. The van der Waals surface area contributed by atoms with Gasteiger partial charge in [-0.25, -0.2) is 4.98 Å². The van der Waals surface area contributed by atoms with Crippen molar-refractivity contribution in [2.75, 3.05) is 6.54 Å². The van der Waals surface area contributed by atoms with Crippen molar-refractivity contribution in [3.63, 3.8) is 0 Å². The second-order valence-corrected chi connectivity index (χ2v) is 4.08. The first-order valence-electron chi connectivity index (χ1n) is 5.85. The van der Waals surface area contributed by atoms with Crippen molar-refractivity contribution >= 4 is 11.2 Å². The topological polar surface area (TPSA) is 64.9 Å². The van der Waals surface area contributed by atoms with Crippen molar-refractivity contribution in [1.82, 2.24) is 9.97 Å². The molecule has 3 rings (SSSR count). The predicted octanol–water partition coefficient (Wildman–Crippen LogP) is 2.31. The molecule has 2 aromatic heterocycles. The number of nitrogens with zero attached hydrogens (tertiary/aromatic N) is 2. The summed E-state index contributed by atoms with van der Waals surface area (Å²) < 4.78 is 5.72. The van der Waals surface area contributed by atoms with Gasteiger partial charge in [-0.3, -0.25) is 0 Å². The summed E-state index contributed by atoms with van der Waals surface area (Å²) in [5, 5.41) is 0. The molecule has 4 heteroatoms. The molecule has 3 aromatic rings. The minimum Gasteiger partial charge on any atom is -0.438 e. The highest BCUT2D eigenvalue weighted by Crippen LogP contribution is 2.25. The lowest BCUT2D eigenvalue weighted by atomic mass is 9.99. The molecular formula is C14H13N3O. The van der Waals surface area contributed by atoms with Crippen LogP contribution in [0.2, 0.25) is 0 Å². The third-order valence-corrected chi connectivity index (χ3v) is 2.92. The average molecular weight is 239 g/mol. The molecule has 1 aromatic carbocycles. The van der Waals surface area contributed by atoms with Gasteiger partial charge in [0.15, 0.2) is 11.2 Å². The summed E-state index contributed by atoms with van der Waals surface area (Å²) >= 11 is 0. The molecule has 2 heterocycles. The minimum atomic E-state index is -0.0274. The van der Waals surface area contributed by atoms with E-state index in [1.165, 1.54) is 0 Å². The Bertz CT molecular complexity index is 615. The van der Waals surface area contributed by atoms with Crippen LogP contribution in [0.25, 0.3) is 11.2 Å². The molecular weight excluding hydrogens is 226 g/mol. The van der Waals surface area contributed by atoms with E-state index in [-0.39, 0.29) is 5.92 Å². The molecule has 90 valence electrons. The van der Waals surface area contributed by atoms with E-state index in [0.717, 1.165) is 5.56 Å². The summed E-state index contributed by atoms with van der Waals surface area (Å²) in [7, 11) is 0. The van der Waals surface area contributed by atoms with E-state index >= 15 is 0 Å². The van der Waals surface area contributed by atoms with Crippen LogP contribution in [-0.2, 0) is 0 Å². The van der Waals surface area contributed by atoms with Gasteiger partial charge in [-0.15, -0.1) is 0 Å². The number of oxazole rings is 1. The Labute approximate surface area is 104 Å². The molecule has 0 saturated carbocycles. The normalized spacial score (nSPS) is 12.7. The van der Waals surface area contributed by atoms with E-state index < -0.39 is 0 Å². The van der Waals surface area contributed by atoms with Gasteiger partial charge >= 0.3 is 0 Å². The zero-order valence-corrected chi connectivity index (χ0v) is 9.78. The van der Waals surface area contributed by atoms with Gasteiger partial charge in [0.05, 0.1) is 5.92 Å². The first-order valence-corrected chi connectivity index (χ1v) is 5.85. The lowest BCUT2D eigenvalue weighted by Crippen LogP contribution is -2.14. The SMILES string of the molecule is NCC(c1ccccc1)c1nc2ncccc2o1. The van der Waals surface area contributed by atoms with E-state index in [0.29, 0.717) is 23.7 Å². The van der Waals surface area contributed by atoms with Gasteiger partial charge in [0.2, 0.25) is 5.89 Å². The Morgan fingerprint density at radius 3 is 2.67 bits per heavy atom. The molecule has 1 unspecified atom stereocenters. The van der Waals surface area contributed by atoms with Crippen molar-refractivity contribution in [2.24, 2.45) is 5.73 Å². The average Bonchev–Trinajstić information content (AvgIpc) is 2.84. The Morgan fingerprint density at radius 1 is 1.11 bits per heavy atom. The van der Waals surface area contributed by atoms with Gasteiger partial charge in [0, 0.05) is 12.7 Å². The fourth-order valence-corrected chi connectivity index (χ4v) is 2.00. The molecule has 2 N–H and O–H groups in total. The maximum Gasteiger partial charge on any atom is 0.205 e. The molecule has 1 atom stereocenters. The molecule has 0 bridgehead atoms. The summed E-state index contributed by atoms with van der Waals surface area (Å²) in [4.78, 5) is 8.57. The maximum absolute atomic E-state index is 5.84. The summed E-state index contributed by atoms with van der Waals surface area (Å²) in [6.07, 6.45) is 1.70. The number of fused-ring (bicyclic) bond motifs is 1. The smallest absolute Gasteiger partial charge is 0.205 e. The van der Waals surface area contributed by atoms with Crippen LogP contribution in [0.1, 0.15) is 17.4 Å². The zero-order valence-electron chi connectivity index (χ0n) is 9.78. The van der Waals surface area contributed by atoms with Gasteiger partial charge in [-0.1, -0.05) is 30.3 Å². The van der Waals surface area contributed by atoms with Crippen molar-refractivity contribution in [2.45, 2.75) is 5.92 Å². The number of pyridine rings is 1. The van der Waals surface area contributed by atoms with Crippen LogP contribution < -0.4 is 5.73 Å². The second kappa shape index (κ2) is 4.58. The van der Waals surface area contributed by atoms with Crippen LogP contribution in [0, 0.1) is 0 Å². The third-order valence-electron chi connectivity index (χ3n) is 2.92. The van der Waals surface area contributed by atoms with Crippen molar-refractivity contribution < 1.29 is 4.42 Å². The highest BCUT2D eigenvalue weighted by atomic mass is 16.3. The molecule has 0 saturated heterocycles. The van der Waals surface area contributed by atoms with E-state index in [1.54, 1.807) is 6.20 Å². The first-order chi connectivity index (χ1) is 8.88. The molecule has 0 fully saturated rings. The summed E-state index contributed by atoms with van der Waals surface area (Å²) in [6, 6.07) is 13.7. The minimum absolute atomic E-state index is 0.0274. The Hall–Kier alpha value is -2.20. The van der Waals surface area contributed by atoms with Crippen LogP contribution in [-0.4, -0.2) is 16.5 Å². The van der Waals surface area contributed by atoms with E-state index in [4.69, 9.17) is 10.2 Å². The van der Waals surface area contributed by atoms with Gasteiger partial charge in [0.1, 0.15) is 0 Å². The highest BCUT2D eigenvalue weighted by molar-refractivity contribution is 5.67. The van der Waals surface area contributed by atoms with Gasteiger partial charge in [-0.2, -0.15) is 4.98 Å². The first kappa shape index (κ1) is 10.9. The number of aromatic nitrogens is 2. The third kappa shape index (κ3) is 1.87. The molecule has 4 nitrogen and oxygen atoms in total. The van der Waals surface area contributed by atoms with Crippen molar-refractivity contribution in [1.29, 1.82) is 0 Å². The molecule has 0 aliphatic rings. The molecule has 0 amide bonds. The molecule has 0 aliphatic heterocycles. The largest absolute Gasteiger partial charge is 0.438 e. The zero-order chi connectivity index (χ0) is 12.4. The molecule has 0 radical (unpaired) electrons. The van der Waals surface area contributed by atoms with Crippen LogP contribution in [0.5, 0.6) is 0 Å². The Balaban J connectivity index is 2.06. The molecule has 18 heavy (non-hydrogen) atoms. The number of benzene rings is 1. The lowest BCUT2D eigenvalue weighted by molar-refractivity contribution is 0.502. The number of rotatable bonds is 3. The van der Waals surface area contributed by atoms with E-state index in [1.807, 2.05) is 42.5 Å². The van der Waals surface area contributed by atoms with Gasteiger partial charge < -0.3 is 10.2 Å². The van der Waals surface area contributed by atoms with Crippen molar-refractivity contribution in [3.05, 3.63) is 60.1 Å². The Kier molecular flexibility index (Phi) is 2.78. The monoisotopic (exact) mass is 239 g/mol. The van der Waals surface area contributed by atoms with Crippen molar-refractivity contribution in [3.8, 4) is 0 Å². The van der Waals surface area contributed by atoms with E-state index in [9.17, 15) is 0 Å². The maximum atomic E-state index is 5.84. The molecule has 0 aliphatic carbocycles. The quantitative estimate of drug-likeness (QED) is 0.761. The van der Waals surface area contributed by atoms with Crippen LogP contribution >= 0.6 is 0 Å². The highest BCUT2D eigenvalue weighted by Gasteiger charge is 2.18. The number of hydrogen-bond acceptors (Lipinski definition) is 4. The lowest BCUT2D eigenvalue weighted by Gasteiger charge is -2.10. The van der Waals surface area contributed by atoms with Crippen LogP contribution in [0.15, 0.2) is 53.1 Å². The summed E-state index contributed by atoms with van der Waals surface area (Å²) in [5.41, 5.74) is 8.26. The van der Waals surface area contributed by atoms with Crippen LogP contribution in [0.4, 0.5) is 0 Å². The number of nitrogens with two attached hydrogens (primary N) is 1.